The van der Waals surface area contributed by atoms with E-state index in [1.807, 2.05) is 0 Å². The molecule has 0 saturated carbocycles. The monoisotopic (exact) mass is 437 g/mol. The van der Waals surface area contributed by atoms with Crippen molar-refractivity contribution in [3.8, 4) is 5.75 Å². The van der Waals surface area contributed by atoms with Crippen molar-refractivity contribution >= 4 is 17.6 Å². The van der Waals surface area contributed by atoms with Crippen LogP contribution in [0.2, 0.25) is 0 Å². The first-order chi connectivity index (χ1) is 14.7. The molecule has 2 atom stereocenters. The van der Waals surface area contributed by atoms with Crippen LogP contribution in [0.25, 0.3) is 0 Å². The molecule has 6 nitrogen and oxygen atoms in total. The molecule has 0 unspecified atom stereocenters. The second kappa shape index (κ2) is 8.97. The van der Waals surface area contributed by atoms with Gasteiger partial charge in [0, 0.05) is 18.7 Å². The van der Waals surface area contributed by atoms with E-state index in [0.29, 0.717) is 11.3 Å². The average molecular weight is 437 g/mol. The molecular weight excluding hydrogens is 415 g/mol. The van der Waals surface area contributed by atoms with Crippen molar-refractivity contribution in [2.24, 2.45) is 5.92 Å². The molecule has 0 saturated heterocycles. The molecule has 2 aromatic rings. The van der Waals surface area contributed by atoms with E-state index < -0.39 is 35.5 Å². The van der Waals surface area contributed by atoms with E-state index in [9.17, 15) is 22.8 Å². The van der Waals surface area contributed by atoms with Crippen LogP contribution in [0, 0.1) is 5.92 Å². The lowest BCUT2D eigenvalue weighted by Crippen LogP contribution is -2.42. The highest BCUT2D eigenvalue weighted by atomic mass is 19.4. The molecule has 0 spiro atoms. The number of anilines is 1. The number of carbonyl (C=O) groups is 2. The lowest BCUT2D eigenvalue weighted by Gasteiger charge is -2.26. The topological polar surface area (TPSA) is 65.1 Å². The molecule has 1 amide bonds. The molecule has 1 heterocycles. The maximum Gasteiger partial charge on any atom is 0.416 e. The third kappa shape index (κ3) is 4.36. The Morgan fingerprint density at radius 1 is 1.10 bits per heavy atom. The van der Waals surface area contributed by atoms with Crippen LogP contribution in [0.3, 0.4) is 0 Å². The van der Waals surface area contributed by atoms with Gasteiger partial charge in [-0.15, -0.1) is 0 Å². The Labute approximate surface area is 177 Å². The zero-order valence-corrected chi connectivity index (χ0v) is 17.2. The van der Waals surface area contributed by atoms with Gasteiger partial charge in [0.25, 0.3) is 0 Å². The van der Waals surface area contributed by atoms with Gasteiger partial charge in [0.15, 0.2) is 0 Å². The number of amides is 1. The lowest BCUT2D eigenvalue weighted by atomic mass is 9.81. The molecule has 1 aliphatic heterocycles. The van der Waals surface area contributed by atoms with Crippen LogP contribution in [0.1, 0.15) is 22.6 Å². The highest BCUT2D eigenvalue weighted by Crippen LogP contribution is 2.44. The zero-order chi connectivity index (χ0) is 22.8. The predicted octanol–water partition coefficient (Wildman–Crippen LogP) is 3.78. The number of carbonyl (C=O) groups excluding carboxylic acids is 2. The molecular formula is C22H22F3NO5. The van der Waals surface area contributed by atoms with Crippen LogP contribution in [-0.4, -0.2) is 39.9 Å². The van der Waals surface area contributed by atoms with Crippen molar-refractivity contribution < 1.29 is 37.0 Å². The van der Waals surface area contributed by atoms with Gasteiger partial charge in [0.2, 0.25) is 5.91 Å². The first-order valence-corrected chi connectivity index (χ1v) is 9.44. The zero-order valence-electron chi connectivity index (χ0n) is 17.2. The van der Waals surface area contributed by atoms with Gasteiger partial charge in [-0.25, -0.2) is 0 Å². The molecule has 0 N–H and O–H groups in total. The van der Waals surface area contributed by atoms with Gasteiger partial charge in [-0.1, -0.05) is 18.2 Å². The van der Waals surface area contributed by atoms with Crippen molar-refractivity contribution in [1.29, 1.82) is 0 Å². The normalized spacial score (nSPS) is 18.9. The van der Waals surface area contributed by atoms with E-state index in [4.69, 9.17) is 14.2 Å². The summed E-state index contributed by atoms with van der Waals surface area (Å²) >= 11 is 0. The summed E-state index contributed by atoms with van der Waals surface area (Å²) in [5, 5.41) is 0. The highest BCUT2D eigenvalue weighted by molar-refractivity contribution is 6.08. The van der Waals surface area contributed by atoms with Crippen molar-refractivity contribution in [1.82, 2.24) is 0 Å². The van der Waals surface area contributed by atoms with Crippen molar-refractivity contribution in [2.45, 2.75) is 18.5 Å². The summed E-state index contributed by atoms with van der Waals surface area (Å²) in [6.07, 6.45) is -4.83. The van der Waals surface area contributed by atoms with Gasteiger partial charge in [-0.2, -0.15) is 13.2 Å². The molecule has 2 aromatic carbocycles. The van der Waals surface area contributed by atoms with Crippen molar-refractivity contribution in [3.05, 3.63) is 59.2 Å². The van der Waals surface area contributed by atoms with E-state index in [2.05, 4.69) is 0 Å². The summed E-state index contributed by atoms with van der Waals surface area (Å²) in [4.78, 5) is 27.1. The predicted molar refractivity (Wildman–Crippen MR) is 106 cm³/mol. The summed E-state index contributed by atoms with van der Waals surface area (Å²) in [6.45, 7) is -0.310. The number of hydrogen-bond acceptors (Lipinski definition) is 5. The molecule has 0 fully saturated rings. The van der Waals surface area contributed by atoms with Gasteiger partial charge >= 0.3 is 12.1 Å². The summed E-state index contributed by atoms with van der Waals surface area (Å²) in [5.74, 6) is -3.20. The molecule has 1 aliphatic rings. The quantitative estimate of drug-likeness (QED) is 0.526. The van der Waals surface area contributed by atoms with Gasteiger partial charge in [0.1, 0.15) is 18.4 Å². The third-order valence-corrected chi connectivity index (χ3v) is 5.36. The Kier molecular flexibility index (Phi) is 6.54. The largest absolute Gasteiger partial charge is 0.497 e. The maximum atomic E-state index is 13.8. The van der Waals surface area contributed by atoms with E-state index in [1.54, 1.807) is 24.3 Å². The molecule has 31 heavy (non-hydrogen) atoms. The summed E-state index contributed by atoms with van der Waals surface area (Å²) < 4.78 is 56.6. The number of nitrogens with zero attached hydrogens (tertiary/aromatic N) is 1. The summed E-state index contributed by atoms with van der Waals surface area (Å²) in [7, 11) is 3.94. The smallest absolute Gasteiger partial charge is 0.416 e. The number of ether oxygens (including phenoxy) is 3. The van der Waals surface area contributed by atoms with Gasteiger partial charge in [-0.05, 0) is 41.8 Å². The van der Waals surface area contributed by atoms with E-state index in [-0.39, 0.29) is 24.4 Å². The molecule has 0 radical (unpaired) electrons. The van der Waals surface area contributed by atoms with Gasteiger partial charge in [0.05, 0.1) is 19.8 Å². The van der Waals surface area contributed by atoms with Crippen LogP contribution < -0.4 is 9.64 Å². The number of rotatable bonds is 5. The van der Waals surface area contributed by atoms with Crippen LogP contribution in [-0.2, 0) is 31.7 Å². The van der Waals surface area contributed by atoms with E-state index in [0.717, 1.165) is 18.1 Å². The number of halogens is 3. The van der Waals surface area contributed by atoms with E-state index >= 15 is 0 Å². The maximum absolute atomic E-state index is 13.8. The Bertz CT molecular complexity index is 959. The number of alkyl halides is 3. The van der Waals surface area contributed by atoms with Crippen LogP contribution in [0.5, 0.6) is 5.75 Å². The van der Waals surface area contributed by atoms with Gasteiger partial charge in [-0.3, -0.25) is 14.5 Å². The fourth-order valence-electron chi connectivity index (χ4n) is 3.92. The Balaban J connectivity index is 2.25. The minimum absolute atomic E-state index is 0.0617. The third-order valence-electron chi connectivity index (χ3n) is 5.36. The highest BCUT2D eigenvalue weighted by Gasteiger charge is 2.45. The van der Waals surface area contributed by atoms with Crippen molar-refractivity contribution in [3.63, 3.8) is 0 Å². The standard InChI is InChI=1S/C22H22F3NO5/c1-29-12-26-18-6-4-5-17(22(23,24)25)16(18)11-15(19(20(26)27)21(28)31-3)13-7-9-14(30-2)10-8-13/h4-10,15,19H,11-12H2,1-3H3/t15-,19-/m1/s1. The number of methoxy groups -OCH3 is 3. The fourth-order valence-corrected chi connectivity index (χ4v) is 3.92. The SMILES string of the molecule is COCN1C(=O)[C@H](C(=O)OC)[C@@H](c2ccc(OC)cc2)Cc2c1cccc2C(F)(F)F. The summed E-state index contributed by atoms with van der Waals surface area (Å²) in [6, 6.07) is 10.1. The Hall–Kier alpha value is -3.07. The number of fused-ring (bicyclic) bond motifs is 1. The molecule has 0 aliphatic carbocycles. The van der Waals surface area contributed by atoms with E-state index in [1.165, 1.54) is 26.4 Å². The van der Waals surface area contributed by atoms with Crippen LogP contribution in [0.15, 0.2) is 42.5 Å². The fraction of sp³-hybridized carbons (Fsp3) is 0.364. The Morgan fingerprint density at radius 2 is 1.77 bits per heavy atom. The number of esters is 1. The second-order valence-corrected chi connectivity index (χ2v) is 7.07. The second-order valence-electron chi connectivity index (χ2n) is 7.07. The first kappa shape index (κ1) is 22.6. The minimum Gasteiger partial charge on any atom is -0.497 e. The van der Waals surface area contributed by atoms with Gasteiger partial charge < -0.3 is 14.2 Å². The molecule has 0 bridgehead atoms. The molecule has 166 valence electrons. The van der Waals surface area contributed by atoms with Crippen molar-refractivity contribution in [2.75, 3.05) is 33.0 Å². The Morgan fingerprint density at radius 3 is 2.32 bits per heavy atom. The summed E-state index contributed by atoms with van der Waals surface area (Å²) in [5.41, 5.74) is -0.353. The lowest BCUT2D eigenvalue weighted by molar-refractivity contribution is -0.150. The first-order valence-electron chi connectivity index (χ1n) is 9.44. The molecule has 3 rings (SSSR count). The van der Waals surface area contributed by atoms with Crippen LogP contribution >= 0.6 is 0 Å². The van der Waals surface area contributed by atoms with Crippen LogP contribution in [0.4, 0.5) is 18.9 Å². The average Bonchev–Trinajstić information content (AvgIpc) is 2.87. The number of benzene rings is 2. The molecule has 0 aromatic heterocycles. The molecule has 9 heteroatoms. The number of hydrogen-bond donors (Lipinski definition) is 0. The minimum atomic E-state index is -4.64.